The maximum atomic E-state index is 11.0. The number of nitrogen functional groups attached to an aromatic ring is 1. The maximum Gasteiger partial charge on any atom is 0.337 e. The molecule has 0 unspecified atom stereocenters. The fourth-order valence-corrected chi connectivity index (χ4v) is 2.32. The van der Waals surface area contributed by atoms with Crippen molar-refractivity contribution in [3.05, 3.63) is 17.8 Å². The van der Waals surface area contributed by atoms with Crippen LogP contribution in [0.3, 0.4) is 0 Å². The van der Waals surface area contributed by atoms with Crippen molar-refractivity contribution in [2.75, 3.05) is 37.2 Å². The summed E-state index contributed by atoms with van der Waals surface area (Å²) in [4.78, 5) is 17.4. The predicted octanol–water partition coefficient (Wildman–Crippen LogP) is 1.26. The van der Waals surface area contributed by atoms with Gasteiger partial charge in [-0.2, -0.15) is 0 Å². The van der Waals surface area contributed by atoms with Gasteiger partial charge in [0.05, 0.1) is 11.3 Å². The van der Waals surface area contributed by atoms with Crippen LogP contribution in [0.5, 0.6) is 0 Å². The summed E-state index contributed by atoms with van der Waals surface area (Å²) in [5.74, 6) is -0.573. The van der Waals surface area contributed by atoms with Crippen LogP contribution in [0.2, 0.25) is 0 Å². The smallest absolute Gasteiger partial charge is 0.337 e. The number of pyridine rings is 1. The molecule has 0 radical (unpaired) electrons. The molecule has 1 fully saturated rings. The first-order chi connectivity index (χ1) is 9.18. The average molecular weight is 264 g/mol. The fourth-order valence-electron chi connectivity index (χ4n) is 2.32. The van der Waals surface area contributed by atoms with Crippen molar-refractivity contribution in [2.24, 2.45) is 0 Å². The van der Waals surface area contributed by atoms with Crippen molar-refractivity contribution in [1.29, 1.82) is 0 Å². The number of hydrogen-bond donors (Lipinski definition) is 3. The molecule has 0 saturated carbocycles. The van der Waals surface area contributed by atoms with Gasteiger partial charge in [0.2, 0.25) is 0 Å². The molecule has 1 aliphatic heterocycles. The van der Waals surface area contributed by atoms with Crippen LogP contribution in [0.15, 0.2) is 12.3 Å². The van der Waals surface area contributed by atoms with Crippen LogP contribution in [0.4, 0.5) is 11.5 Å². The fraction of sp³-hybridized carbons (Fsp3) is 0.538. The van der Waals surface area contributed by atoms with E-state index in [1.165, 1.54) is 31.5 Å². The van der Waals surface area contributed by atoms with E-state index in [-0.39, 0.29) is 11.3 Å². The average Bonchev–Trinajstić information content (AvgIpc) is 2.41. The van der Waals surface area contributed by atoms with E-state index in [0.29, 0.717) is 5.82 Å². The number of aromatic nitrogens is 1. The molecule has 0 aliphatic carbocycles. The summed E-state index contributed by atoms with van der Waals surface area (Å²) < 4.78 is 0. The molecule has 1 aromatic heterocycles. The van der Waals surface area contributed by atoms with E-state index in [4.69, 9.17) is 10.8 Å². The monoisotopic (exact) mass is 264 g/mol. The van der Waals surface area contributed by atoms with Crippen LogP contribution < -0.4 is 11.1 Å². The highest BCUT2D eigenvalue weighted by Gasteiger charge is 2.13. The molecule has 0 spiro atoms. The molecule has 0 atom stereocenters. The molecular weight excluding hydrogens is 244 g/mol. The minimum Gasteiger partial charge on any atom is -0.478 e. The van der Waals surface area contributed by atoms with Crippen LogP contribution >= 0.6 is 0 Å². The van der Waals surface area contributed by atoms with Crippen LogP contribution in [0.1, 0.15) is 29.6 Å². The van der Waals surface area contributed by atoms with Gasteiger partial charge in [0.25, 0.3) is 0 Å². The van der Waals surface area contributed by atoms with Gasteiger partial charge in [0.15, 0.2) is 0 Å². The van der Waals surface area contributed by atoms with Gasteiger partial charge < -0.3 is 21.1 Å². The molecule has 2 heterocycles. The van der Waals surface area contributed by atoms with E-state index < -0.39 is 5.97 Å². The van der Waals surface area contributed by atoms with Crippen molar-refractivity contribution < 1.29 is 9.90 Å². The number of aromatic carboxylic acids is 1. The third-order valence-corrected chi connectivity index (χ3v) is 3.39. The van der Waals surface area contributed by atoms with Gasteiger partial charge in [-0.25, -0.2) is 9.78 Å². The Labute approximate surface area is 112 Å². The summed E-state index contributed by atoms with van der Waals surface area (Å²) in [6.45, 7) is 3.93. The first-order valence-corrected chi connectivity index (χ1v) is 6.62. The molecule has 0 aromatic carbocycles. The normalized spacial score (nSPS) is 16.2. The Morgan fingerprint density at radius 3 is 2.84 bits per heavy atom. The topological polar surface area (TPSA) is 91.5 Å². The Morgan fingerprint density at radius 1 is 1.42 bits per heavy atom. The minimum absolute atomic E-state index is 0.0930. The van der Waals surface area contributed by atoms with Crippen molar-refractivity contribution >= 4 is 17.5 Å². The summed E-state index contributed by atoms with van der Waals surface area (Å²) in [5, 5.41) is 12.1. The number of likely N-dealkylation sites (tertiary alicyclic amines) is 1. The van der Waals surface area contributed by atoms with Crippen LogP contribution in [-0.2, 0) is 0 Å². The molecular formula is C13H20N4O2. The number of nitrogens with one attached hydrogen (secondary N) is 1. The molecule has 1 saturated heterocycles. The second kappa shape index (κ2) is 6.38. The Hall–Kier alpha value is -1.82. The largest absolute Gasteiger partial charge is 0.478 e. The van der Waals surface area contributed by atoms with Crippen molar-refractivity contribution in [3.63, 3.8) is 0 Å². The lowest BCUT2D eigenvalue weighted by Crippen LogP contribution is -2.33. The molecule has 1 aromatic rings. The number of rotatable bonds is 5. The predicted molar refractivity (Wildman–Crippen MR) is 74.4 cm³/mol. The van der Waals surface area contributed by atoms with Crippen molar-refractivity contribution in [2.45, 2.75) is 19.3 Å². The van der Waals surface area contributed by atoms with E-state index in [1.54, 1.807) is 0 Å². The number of nitrogens with zero attached hydrogens (tertiary/aromatic N) is 2. The lowest BCUT2D eigenvalue weighted by molar-refractivity contribution is 0.0698. The second-order valence-electron chi connectivity index (χ2n) is 4.76. The highest BCUT2D eigenvalue weighted by Crippen LogP contribution is 2.19. The molecule has 4 N–H and O–H groups in total. The van der Waals surface area contributed by atoms with E-state index in [2.05, 4.69) is 15.2 Å². The van der Waals surface area contributed by atoms with E-state index in [0.717, 1.165) is 26.2 Å². The highest BCUT2D eigenvalue weighted by atomic mass is 16.4. The molecule has 19 heavy (non-hydrogen) atoms. The first kappa shape index (κ1) is 13.6. The zero-order chi connectivity index (χ0) is 13.7. The number of piperidine rings is 1. The van der Waals surface area contributed by atoms with Crippen molar-refractivity contribution in [1.82, 2.24) is 9.88 Å². The van der Waals surface area contributed by atoms with E-state index in [1.807, 2.05) is 0 Å². The molecule has 6 heteroatoms. The third-order valence-electron chi connectivity index (χ3n) is 3.39. The molecule has 6 nitrogen and oxygen atoms in total. The van der Waals surface area contributed by atoms with Crippen LogP contribution in [0, 0.1) is 0 Å². The van der Waals surface area contributed by atoms with Gasteiger partial charge in [0.1, 0.15) is 5.82 Å². The van der Waals surface area contributed by atoms with Gasteiger partial charge in [0, 0.05) is 19.3 Å². The van der Waals surface area contributed by atoms with Crippen LogP contribution in [-0.4, -0.2) is 47.1 Å². The van der Waals surface area contributed by atoms with Gasteiger partial charge in [-0.15, -0.1) is 0 Å². The zero-order valence-corrected chi connectivity index (χ0v) is 10.9. The number of anilines is 2. The zero-order valence-electron chi connectivity index (χ0n) is 10.9. The molecule has 104 valence electrons. The van der Waals surface area contributed by atoms with Crippen molar-refractivity contribution in [3.8, 4) is 0 Å². The number of hydrogen-bond acceptors (Lipinski definition) is 5. The Morgan fingerprint density at radius 2 is 2.16 bits per heavy atom. The molecule has 0 amide bonds. The highest BCUT2D eigenvalue weighted by molar-refractivity contribution is 5.96. The number of nitrogens with two attached hydrogens (primary N) is 1. The Balaban J connectivity index is 1.88. The second-order valence-corrected chi connectivity index (χ2v) is 4.76. The lowest BCUT2D eigenvalue weighted by Gasteiger charge is -2.26. The maximum absolute atomic E-state index is 11.0. The third kappa shape index (κ3) is 3.57. The summed E-state index contributed by atoms with van der Waals surface area (Å²) in [5.41, 5.74) is 6.08. The summed E-state index contributed by atoms with van der Waals surface area (Å²) in [6, 6.07) is 1.41. The number of carbonyl (C=O) groups is 1. The summed E-state index contributed by atoms with van der Waals surface area (Å²) in [6.07, 6.45) is 5.30. The first-order valence-electron chi connectivity index (χ1n) is 6.62. The van der Waals surface area contributed by atoms with E-state index in [9.17, 15) is 4.79 Å². The van der Waals surface area contributed by atoms with E-state index >= 15 is 0 Å². The molecule has 2 rings (SSSR count). The SMILES string of the molecule is Nc1c(C(=O)O)ccnc1NCCN1CCCCC1. The Bertz CT molecular complexity index is 444. The van der Waals surface area contributed by atoms with Gasteiger partial charge in [-0.05, 0) is 32.0 Å². The van der Waals surface area contributed by atoms with Gasteiger partial charge in [-0.1, -0.05) is 6.42 Å². The number of carboxylic acids is 1. The Kier molecular flexibility index (Phi) is 4.57. The van der Waals surface area contributed by atoms with Gasteiger partial charge in [-0.3, -0.25) is 0 Å². The minimum atomic E-state index is -1.03. The standard InChI is InChI=1S/C13H20N4O2/c14-11-10(13(18)19)4-5-15-12(11)16-6-9-17-7-2-1-3-8-17/h4-5H,1-3,6-9,14H2,(H,15,16)(H,18,19). The lowest BCUT2D eigenvalue weighted by atomic mass is 10.1. The molecule has 1 aliphatic rings. The van der Waals surface area contributed by atoms with Gasteiger partial charge >= 0.3 is 5.97 Å². The number of carboxylic acid groups (broad SMARTS) is 1. The molecule has 0 bridgehead atoms. The quantitative estimate of drug-likeness (QED) is 0.741. The summed E-state index contributed by atoms with van der Waals surface area (Å²) >= 11 is 0. The summed E-state index contributed by atoms with van der Waals surface area (Å²) in [7, 11) is 0. The van der Waals surface area contributed by atoms with Crippen LogP contribution in [0.25, 0.3) is 0 Å².